The van der Waals surface area contributed by atoms with E-state index in [0.717, 1.165) is 16.7 Å². The van der Waals surface area contributed by atoms with E-state index in [0.29, 0.717) is 19.5 Å². The standard InChI is InChI=1S/C16H19NO3/c1-16(2,3)20-15(19)17-8-11-6-4-5-10-7-13(18)12(9-17)14(10)11/h4-6,12H,7-9H2,1-3H3. The van der Waals surface area contributed by atoms with E-state index in [1.807, 2.05) is 39.0 Å². The van der Waals surface area contributed by atoms with Crippen LogP contribution in [0.3, 0.4) is 0 Å². The second-order valence-electron chi connectivity index (χ2n) is 6.55. The summed E-state index contributed by atoms with van der Waals surface area (Å²) in [4.78, 5) is 26.0. The van der Waals surface area contributed by atoms with Crippen LogP contribution in [0.25, 0.3) is 0 Å². The summed E-state index contributed by atoms with van der Waals surface area (Å²) in [5.41, 5.74) is 2.84. The van der Waals surface area contributed by atoms with Crippen molar-refractivity contribution >= 4 is 11.9 Å². The van der Waals surface area contributed by atoms with Crippen molar-refractivity contribution in [2.45, 2.75) is 45.3 Å². The van der Waals surface area contributed by atoms with Gasteiger partial charge in [0.25, 0.3) is 0 Å². The van der Waals surface area contributed by atoms with Crippen LogP contribution in [-0.4, -0.2) is 28.9 Å². The molecule has 106 valence electrons. The average Bonchev–Trinajstić information content (AvgIpc) is 2.66. The SMILES string of the molecule is CC(C)(C)OC(=O)N1Cc2cccc3c2C(C1)C(=O)C3. The van der Waals surface area contributed by atoms with Crippen molar-refractivity contribution in [3.05, 3.63) is 34.9 Å². The molecule has 1 heterocycles. The van der Waals surface area contributed by atoms with Gasteiger partial charge in [-0.25, -0.2) is 4.79 Å². The maximum Gasteiger partial charge on any atom is 0.410 e. The molecule has 0 N–H and O–H groups in total. The number of carbonyl (C=O) groups excluding carboxylic acids is 2. The minimum Gasteiger partial charge on any atom is -0.444 e. The first-order valence-corrected chi connectivity index (χ1v) is 6.96. The Morgan fingerprint density at radius 3 is 2.70 bits per heavy atom. The minimum atomic E-state index is -0.515. The van der Waals surface area contributed by atoms with Crippen LogP contribution in [0.4, 0.5) is 4.79 Å². The summed E-state index contributed by atoms with van der Waals surface area (Å²) in [6.45, 7) is 6.52. The van der Waals surface area contributed by atoms with Gasteiger partial charge in [0, 0.05) is 19.5 Å². The zero-order valence-corrected chi connectivity index (χ0v) is 12.1. The molecule has 0 spiro atoms. The first kappa shape index (κ1) is 13.2. The quantitative estimate of drug-likeness (QED) is 0.730. The van der Waals surface area contributed by atoms with Crippen molar-refractivity contribution in [1.82, 2.24) is 4.90 Å². The van der Waals surface area contributed by atoms with Gasteiger partial charge in [0.1, 0.15) is 11.4 Å². The highest BCUT2D eigenvalue weighted by atomic mass is 16.6. The third-order valence-corrected chi connectivity index (χ3v) is 3.80. The number of Topliss-reactive ketones (excluding diaryl/α,β-unsaturated/α-hetero) is 1. The first-order valence-electron chi connectivity index (χ1n) is 6.96. The van der Waals surface area contributed by atoms with Gasteiger partial charge in [-0.1, -0.05) is 18.2 Å². The van der Waals surface area contributed by atoms with Crippen LogP contribution < -0.4 is 0 Å². The van der Waals surface area contributed by atoms with E-state index in [1.54, 1.807) is 4.90 Å². The number of amides is 1. The molecule has 1 aliphatic carbocycles. The van der Waals surface area contributed by atoms with Gasteiger partial charge in [-0.15, -0.1) is 0 Å². The lowest BCUT2D eigenvalue weighted by molar-refractivity contribution is -0.119. The summed E-state index contributed by atoms with van der Waals surface area (Å²) < 4.78 is 5.41. The average molecular weight is 273 g/mol. The second-order valence-corrected chi connectivity index (χ2v) is 6.55. The van der Waals surface area contributed by atoms with Gasteiger partial charge in [-0.3, -0.25) is 4.79 Å². The normalized spacial score (nSPS) is 20.9. The Morgan fingerprint density at radius 1 is 1.30 bits per heavy atom. The van der Waals surface area contributed by atoms with Crippen LogP contribution in [-0.2, 0) is 22.5 Å². The Balaban J connectivity index is 1.88. The van der Waals surface area contributed by atoms with Gasteiger partial charge < -0.3 is 9.64 Å². The summed E-state index contributed by atoms with van der Waals surface area (Å²) in [6, 6.07) is 5.98. The molecule has 1 aliphatic heterocycles. The van der Waals surface area contributed by atoms with Gasteiger partial charge >= 0.3 is 6.09 Å². The summed E-state index contributed by atoms with van der Waals surface area (Å²) in [5, 5.41) is 0. The minimum absolute atomic E-state index is 0.164. The fourth-order valence-corrected chi connectivity index (χ4v) is 3.03. The van der Waals surface area contributed by atoms with Gasteiger partial charge in [0.2, 0.25) is 0 Å². The fraction of sp³-hybridized carbons (Fsp3) is 0.500. The topological polar surface area (TPSA) is 46.6 Å². The van der Waals surface area contributed by atoms with Crippen molar-refractivity contribution in [3.8, 4) is 0 Å². The van der Waals surface area contributed by atoms with Crippen LogP contribution in [0.5, 0.6) is 0 Å². The van der Waals surface area contributed by atoms with Crippen molar-refractivity contribution in [2.24, 2.45) is 0 Å². The van der Waals surface area contributed by atoms with Gasteiger partial charge in [-0.2, -0.15) is 0 Å². The van der Waals surface area contributed by atoms with E-state index in [4.69, 9.17) is 4.74 Å². The second kappa shape index (κ2) is 4.33. The van der Waals surface area contributed by atoms with Gasteiger partial charge in [0.15, 0.2) is 0 Å². The number of ether oxygens (including phenoxy) is 1. The Kier molecular flexibility index (Phi) is 2.85. The van der Waals surface area contributed by atoms with Crippen molar-refractivity contribution in [3.63, 3.8) is 0 Å². The summed E-state index contributed by atoms with van der Waals surface area (Å²) in [5.74, 6) is 0.0446. The molecule has 1 aromatic carbocycles. The summed E-state index contributed by atoms with van der Waals surface area (Å²) in [7, 11) is 0. The van der Waals surface area contributed by atoms with Crippen molar-refractivity contribution < 1.29 is 14.3 Å². The molecule has 1 amide bonds. The van der Waals surface area contributed by atoms with Crippen molar-refractivity contribution in [1.29, 1.82) is 0 Å². The van der Waals surface area contributed by atoms with E-state index in [1.165, 1.54) is 0 Å². The van der Waals surface area contributed by atoms with Crippen LogP contribution in [0.15, 0.2) is 18.2 Å². The highest BCUT2D eigenvalue weighted by molar-refractivity contribution is 5.94. The van der Waals surface area contributed by atoms with Crippen LogP contribution in [0, 0.1) is 0 Å². The molecule has 3 rings (SSSR count). The molecule has 0 aromatic heterocycles. The van der Waals surface area contributed by atoms with Gasteiger partial charge in [-0.05, 0) is 37.5 Å². The molecule has 1 atom stereocenters. The Bertz CT molecular complexity index is 586. The number of hydrogen-bond acceptors (Lipinski definition) is 3. The van der Waals surface area contributed by atoms with Gasteiger partial charge in [0.05, 0.1) is 5.92 Å². The number of carbonyl (C=O) groups is 2. The van der Waals surface area contributed by atoms with E-state index in [-0.39, 0.29) is 17.8 Å². The number of rotatable bonds is 0. The summed E-state index contributed by atoms with van der Waals surface area (Å²) in [6.07, 6.45) is 0.156. The highest BCUT2D eigenvalue weighted by Gasteiger charge is 2.39. The third-order valence-electron chi connectivity index (χ3n) is 3.80. The molecule has 0 bridgehead atoms. The van der Waals surface area contributed by atoms with Crippen LogP contribution >= 0.6 is 0 Å². The predicted molar refractivity (Wildman–Crippen MR) is 74.5 cm³/mol. The summed E-state index contributed by atoms with van der Waals surface area (Å²) >= 11 is 0. The molecule has 0 saturated carbocycles. The molecular formula is C16H19NO3. The molecule has 20 heavy (non-hydrogen) atoms. The molecule has 4 nitrogen and oxygen atoms in total. The van der Waals surface area contributed by atoms with E-state index < -0.39 is 5.60 Å². The Morgan fingerprint density at radius 2 is 2.00 bits per heavy atom. The number of nitrogens with zero attached hydrogens (tertiary/aromatic N) is 1. The molecule has 0 saturated heterocycles. The third kappa shape index (κ3) is 2.19. The van der Waals surface area contributed by atoms with Crippen LogP contribution in [0.1, 0.15) is 43.4 Å². The van der Waals surface area contributed by atoms with E-state index in [9.17, 15) is 9.59 Å². The molecule has 1 unspecified atom stereocenters. The Hall–Kier alpha value is -1.84. The number of benzene rings is 1. The van der Waals surface area contributed by atoms with E-state index >= 15 is 0 Å². The molecule has 4 heteroatoms. The monoisotopic (exact) mass is 273 g/mol. The smallest absolute Gasteiger partial charge is 0.410 e. The maximum absolute atomic E-state index is 12.2. The lowest BCUT2D eigenvalue weighted by Gasteiger charge is -2.33. The number of ketones is 1. The molecule has 0 radical (unpaired) electrons. The van der Waals surface area contributed by atoms with Crippen molar-refractivity contribution in [2.75, 3.05) is 6.54 Å². The molecule has 2 aliphatic rings. The van der Waals surface area contributed by atoms with E-state index in [2.05, 4.69) is 0 Å². The lowest BCUT2D eigenvalue weighted by Crippen LogP contribution is -2.42. The first-order chi connectivity index (χ1) is 9.35. The zero-order valence-electron chi connectivity index (χ0n) is 12.1. The predicted octanol–water partition coefficient (Wildman–Crippen LogP) is 2.65. The van der Waals surface area contributed by atoms with Crippen LogP contribution in [0.2, 0.25) is 0 Å². The lowest BCUT2D eigenvalue weighted by atomic mass is 9.91. The zero-order chi connectivity index (χ0) is 14.5. The largest absolute Gasteiger partial charge is 0.444 e. The Labute approximate surface area is 118 Å². The maximum atomic E-state index is 12.2. The fourth-order valence-electron chi connectivity index (χ4n) is 3.03. The highest BCUT2D eigenvalue weighted by Crippen LogP contribution is 2.38. The number of hydrogen-bond donors (Lipinski definition) is 0. The molecule has 1 aromatic rings. The molecular weight excluding hydrogens is 254 g/mol. The molecule has 0 fully saturated rings.